The fourth-order valence-electron chi connectivity index (χ4n) is 2.62. The Kier molecular flexibility index (Phi) is 5.37. The molecule has 0 aliphatic carbocycles. The molecule has 1 aromatic carbocycles. The monoisotopic (exact) mass is 453 g/mol. The normalized spacial score (nSPS) is 16.8. The van der Waals surface area contributed by atoms with Crippen molar-refractivity contribution >= 4 is 40.3 Å². The predicted molar refractivity (Wildman–Crippen MR) is 97.0 cm³/mol. The van der Waals surface area contributed by atoms with Gasteiger partial charge < -0.3 is 9.32 Å². The predicted octanol–water partition coefficient (Wildman–Crippen LogP) is 1.69. The second-order valence-electron chi connectivity index (χ2n) is 5.68. The second kappa shape index (κ2) is 7.68. The van der Waals surface area contributed by atoms with Gasteiger partial charge in [-0.2, -0.15) is 0 Å². The number of carbonyl (C=O) groups excluding carboxylic acids is 3. The van der Waals surface area contributed by atoms with Gasteiger partial charge in [0.2, 0.25) is 11.8 Å². The van der Waals surface area contributed by atoms with E-state index >= 15 is 0 Å². The van der Waals surface area contributed by atoms with Crippen LogP contribution in [0, 0.1) is 9.49 Å². The summed E-state index contributed by atoms with van der Waals surface area (Å²) in [5.74, 6) is -0.718. The lowest BCUT2D eigenvalue weighted by Crippen LogP contribution is -2.45. The van der Waals surface area contributed by atoms with Gasteiger partial charge in [0, 0.05) is 16.5 Å². The molecule has 1 fully saturated rings. The molecule has 1 unspecified atom stereocenters. The minimum Gasteiger partial charge on any atom is -0.467 e. The summed E-state index contributed by atoms with van der Waals surface area (Å²) in [4.78, 5) is 37.9. The zero-order chi connectivity index (χ0) is 17.8. The van der Waals surface area contributed by atoms with Crippen molar-refractivity contribution in [3.8, 4) is 0 Å². The summed E-state index contributed by atoms with van der Waals surface area (Å²) >= 11 is 2.05. The molecule has 0 radical (unpaired) electrons. The molecule has 25 heavy (non-hydrogen) atoms. The van der Waals surface area contributed by atoms with Crippen molar-refractivity contribution in [2.45, 2.75) is 13.0 Å². The molecular formula is C17H16IN3O4. The molecule has 130 valence electrons. The van der Waals surface area contributed by atoms with E-state index in [-0.39, 0.29) is 18.2 Å². The van der Waals surface area contributed by atoms with Crippen molar-refractivity contribution in [2.24, 2.45) is 5.92 Å². The van der Waals surface area contributed by atoms with Gasteiger partial charge in [0.25, 0.3) is 5.91 Å². The number of carbonyl (C=O) groups is 3. The van der Waals surface area contributed by atoms with Crippen LogP contribution in [0.2, 0.25) is 0 Å². The summed E-state index contributed by atoms with van der Waals surface area (Å²) in [6.07, 6.45) is 1.66. The Balaban J connectivity index is 1.53. The fourth-order valence-corrected chi connectivity index (χ4v) is 3.26. The van der Waals surface area contributed by atoms with E-state index in [0.29, 0.717) is 24.4 Å². The van der Waals surface area contributed by atoms with Gasteiger partial charge in [-0.25, -0.2) is 0 Å². The second-order valence-corrected chi connectivity index (χ2v) is 6.84. The minimum absolute atomic E-state index is 0.111. The quantitative estimate of drug-likeness (QED) is 0.545. The van der Waals surface area contributed by atoms with Gasteiger partial charge in [-0.1, -0.05) is 12.1 Å². The summed E-state index contributed by atoms with van der Waals surface area (Å²) in [6, 6.07) is 10.6. The molecular weight excluding hydrogens is 437 g/mol. The summed E-state index contributed by atoms with van der Waals surface area (Å²) in [5, 5.41) is 0. The third kappa shape index (κ3) is 4.19. The van der Waals surface area contributed by atoms with Crippen LogP contribution in [0.5, 0.6) is 0 Å². The van der Waals surface area contributed by atoms with Crippen LogP contribution in [0.15, 0.2) is 47.1 Å². The third-order valence-electron chi connectivity index (χ3n) is 3.93. The average Bonchev–Trinajstić information content (AvgIpc) is 3.23. The maximum Gasteiger partial charge on any atom is 0.270 e. The molecule has 7 nitrogen and oxygen atoms in total. The van der Waals surface area contributed by atoms with Crippen molar-refractivity contribution in [3.05, 3.63) is 57.6 Å². The van der Waals surface area contributed by atoms with E-state index in [1.54, 1.807) is 41.5 Å². The molecule has 1 aliphatic heterocycles. The lowest BCUT2D eigenvalue weighted by atomic mass is 10.1. The Morgan fingerprint density at radius 1 is 1.20 bits per heavy atom. The van der Waals surface area contributed by atoms with Gasteiger partial charge in [0.05, 0.1) is 24.3 Å². The maximum atomic E-state index is 12.2. The van der Waals surface area contributed by atoms with Crippen molar-refractivity contribution in [3.63, 3.8) is 0 Å². The number of amides is 3. The average molecular weight is 453 g/mol. The maximum absolute atomic E-state index is 12.2. The van der Waals surface area contributed by atoms with Crippen LogP contribution in [-0.4, -0.2) is 29.2 Å². The number of likely N-dealkylation sites (tertiary alicyclic amines) is 1. The summed E-state index contributed by atoms with van der Waals surface area (Å²) in [5.41, 5.74) is 5.28. The Labute approximate surface area is 157 Å². The lowest BCUT2D eigenvalue weighted by molar-refractivity contribution is -0.129. The molecule has 2 N–H and O–H groups in total. The molecule has 2 aromatic rings. The minimum atomic E-state index is -0.502. The number of benzene rings is 1. The number of halogens is 1. The molecule has 1 saturated heterocycles. The summed E-state index contributed by atoms with van der Waals surface area (Å²) in [6.45, 7) is 0.633. The molecule has 1 atom stereocenters. The van der Waals surface area contributed by atoms with Crippen LogP contribution >= 0.6 is 22.6 Å². The summed E-state index contributed by atoms with van der Waals surface area (Å²) < 4.78 is 6.01. The highest BCUT2D eigenvalue weighted by atomic mass is 127. The van der Waals surface area contributed by atoms with Crippen molar-refractivity contribution in [1.29, 1.82) is 0 Å². The van der Waals surface area contributed by atoms with Crippen molar-refractivity contribution in [2.75, 3.05) is 6.54 Å². The topological polar surface area (TPSA) is 91.7 Å². The van der Waals surface area contributed by atoms with Crippen LogP contribution < -0.4 is 10.9 Å². The van der Waals surface area contributed by atoms with E-state index in [9.17, 15) is 14.4 Å². The van der Waals surface area contributed by atoms with Crippen LogP contribution in [0.1, 0.15) is 22.5 Å². The third-order valence-corrected chi connectivity index (χ3v) is 4.87. The molecule has 2 heterocycles. The zero-order valence-corrected chi connectivity index (χ0v) is 15.4. The molecule has 0 spiro atoms. The molecule has 0 bridgehead atoms. The van der Waals surface area contributed by atoms with E-state index in [0.717, 1.165) is 3.57 Å². The van der Waals surface area contributed by atoms with E-state index in [4.69, 9.17) is 4.42 Å². The Hall–Kier alpha value is -2.36. The number of hydrogen-bond donors (Lipinski definition) is 2. The number of furan rings is 1. The first-order valence-corrected chi connectivity index (χ1v) is 8.77. The number of nitrogens with zero attached hydrogens (tertiary/aromatic N) is 1. The highest BCUT2D eigenvalue weighted by Gasteiger charge is 2.34. The first-order chi connectivity index (χ1) is 12.0. The van der Waals surface area contributed by atoms with Crippen molar-refractivity contribution in [1.82, 2.24) is 15.8 Å². The van der Waals surface area contributed by atoms with Gasteiger partial charge in [-0.05, 0) is 46.9 Å². The highest BCUT2D eigenvalue weighted by molar-refractivity contribution is 14.1. The van der Waals surface area contributed by atoms with Gasteiger partial charge in [-0.3, -0.25) is 25.2 Å². The van der Waals surface area contributed by atoms with E-state index in [1.165, 1.54) is 0 Å². The first-order valence-electron chi connectivity index (χ1n) is 7.69. The zero-order valence-electron chi connectivity index (χ0n) is 13.2. The standard InChI is InChI=1S/C17H16IN3O4/c18-14-6-2-1-5-13(14)17(24)20-19-16(23)11-8-15(22)21(9-11)10-12-4-3-7-25-12/h1-7,11H,8-10H2,(H,19,23)(H,20,24). The van der Waals surface area contributed by atoms with E-state index < -0.39 is 11.8 Å². The Bertz CT molecular complexity index is 791. The molecule has 3 rings (SSSR count). The van der Waals surface area contributed by atoms with Crippen molar-refractivity contribution < 1.29 is 18.8 Å². The first kappa shape index (κ1) is 17.5. The van der Waals surface area contributed by atoms with Gasteiger partial charge in [-0.15, -0.1) is 0 Å². The Morgan fingerprint density at radius 2 is 2.00 bits per heavy atom. The van der Waals surface area contributed by atoms with Gasteiger partial charge >= 0.3 is 0 Å². The Morgan fingerprint density at radius 3 is 2.72 bits per heavy atom. The molecule has 1 aromatic heterocycles. The number of nitrogens with one attached hydrogen (secondary N) is 2. The fraction of sp³-hybridized carbons (Fsp3) is 0.235. The largest absolute Gasteiger partial charge is 0.467 e. The van der Waals surface area contributed by atoms with Crippen LogP contribution in [-0.2, 0) is 16.1 Å². The number of rotatable bonds is 4. The van der Waals surface area contributed by atoms with Gasteiger partial charge in [0.15, 0.2) is 0 Å². The molecule has 0 saturated carbocycles. The van der Waals surface area contributed by atoms with Gasteiger partial charge in [0.1, 0.15) is 5.76 Å². The lowest BCUT2D eigenvalue weighted by Gasteiger charge is -2.15. The van der Waals surface area contributed by atoms with Crippen LogP contribution in [0.3, 0.4) is 0 Å². The summed E-state index contributed by atoms with van der Waals surface area (Å²) in [7, 11) is 0. The number of hydrazine groups is 1. The van der Waals surface area contributed by atoms with E-state index in [1.807, 2.05) is 6.07 Å². The van der Waals surface area contributed by atoms with E-state index in [2.05, 4.69) is 33.4 Å². The highest BCUT2D eigenvalue weighted by Crippen LogP contribution is 2.20. The SMILES string of the molecule is O=C(NNC(=O)C1CC(=O)N(Cc2ccco2)C1)c1ccccc1I. The molecule has 3 amide bonds. The molecule has 8 heteroatoms. The van der Waals surface area contributed by atoms with Crippen LogP contribution in [0.25, 0.3) is 0 Å². The number of hydrogen-bond acceptors (Lipinski definition) is 4. The van der Waals surface area contributed by atoms with Crippen LogP contribution in [0.4, 0.5) is 0 Å². The molecule has 1 aliphatic rings. The smallest absolute Gasteiger partial charge is 0.270 e.